The molecule has 0 aliphatic carbocycles. The van der Waals surface area contributed by atoms with E-state index in [-0.39, 0.29) is 10.8 Å². The number of hydrogen-bond acceptors (Lipinski definition) is 3. The first-order valence-electron chi connectivity index (χ1n) is 5.53. The summed E-state index contributed by atoms with van der Waals surface area (Å²) in [5.74, 6) is 1.27. The fourth-order valence-electron chi connectivity index (χ4n) is 1.99. The first-order chi connectivity index (χ1) is 8.09. The predicted octanol–water partition coefficient (Wildman–Crippen LogP) is 3.20. The number of hydrogen-bond donors (Lipinski definition) is 1. The van der Waals surface area contributed by atoms with Crippen molar-refractivity contribution in [2.75, 3.05) is 11.5 Å². The van der Waals surface area contributed by atoms with Crippen molar-refractivity contribution >= 4 is 23.5 Å². The summed E-state index contributed by atoms with van der Waals surface area (Å²) in [6.45, 7) is 2.10. The van der Waals surface area contributed by atoms with Gasteiger partial charge in [0.1, 0.15) is 11.6 Å². The predicted molar refractivity (Wildman–Crippen MR) is 71.5 cm³/mol. The number of halogens is 2. The summed E-state index contributed by atoms with van der Waals surface area (Å²) in [6.07, 6.45) is 0. The van der Waals surface area contributed by atoms with Crippen LogP contribution in [-0.2, 0) is 0 Å². The molecule has 1 nitrogen and oxygen atoms in total. The molecule has 2 N–H and O–H groups in total. The van der Waals surface area contributed by atoms with Gasteiger partial charge >= 0.3 is 0 Å². The van der Waals surface area contributed by atoms with E-state index in [1.165, 1.54) is 6.07 Å². The Labute approximate surface area is 109 Å². The zero-order chi connectivity index (χ0) is 12.4. The monoisotopic (exact) mass is 275 g/mol. The average molecular weight is 275 g/mol. The molecule has 1 aliphatic heterocycles. The lowest BCUT2D eigenvalue weighted by molar-refractivity contribution is 0.552. The van der Waals surface area contributed by atoms with Gasteiger partial charge in [-0.05, 0) is 18.2 Å². The Morgan fingerprint density at radius 2 is 2.00 bits per heavy atom. The lowest BCUT2D eigenvalue weighted by Crippen LogP contribution is -2.34. The zero-order valence-electron chi connectivity index (χ0n) is 9.53. The molecule has 0 aromatic heterocycles. The van der Waals surface area contributed by atoms with E-state index in [0.717, 1.165) is 23.6 Å². The fraction of sp³-hybridized carbons (Fsp3) is 0.500. The molecule has 0 spiro atoms. The van der Waals surface area contributed by atoms with Gasteiger partial charge in [-0.15, -0.1) is 0 Å². The maximum atomic E-state index is 13.6. The Bertz CT molecular complexity index is 400. The first-order valence-corrected chi connectivity index (χ1v) is 7.63. The first kappa shape index (κ1) is 13.2. The minimum atomic E-state index is -0.446. The van der Waals surface area contributed by atoms with Gasteiger partial charge in [0.25, 0.3) is 0 Å². The summed E-state index contributed by atoms with van der Waals surface area (Å²) < 4.78 is 26.8. The SMILES string of the molecule is CC1SCCSC1C(N)c1cc(F)ccc1F. The second-order valence-electron chi connectivity index (χ2n) is 4.10. The van der Waals surface area contributed by atoms with E-state index < -0.39 is 17.7 Å². The second-order valence-corrected chi connectivity index (χ2v) is 6.87. The molecule has 1 aromatic rings. The molecule has 0 bridgehead atoms. The highest BCUT2D eigenvalue weighted by molar-refractivity contribution is 8.07. The standard InChI is InChI=1S/C12H15F2NS2/c1-7-12(17-5-4-16-7)11(15)9-6-8(13)2-3-10(9)14/h2-3,6-7,11-12H,4-5,15H2,1H3. The van der Waals surface area contributed by atoms with Crippen LogP contribution in [0.4, 0.5) is 8.78 Å². The maximum Gasteiger partial charge on any atom is 0.128 e. The van der Waals surface area contributed by atoms with E-state index in [2.05, 4.69) is 6.92 Å². The molecular weight excluding hydrogens is 260 g/mol. The zero-order valence-corrected chi connectivity index (χ0v) is 11.2. The molecule has 1 fully saturated rings. The largest absolute Gasteiger partial charge is 0.323 e. The van der Waals surface area contributed by atoms with Crippen LogP contribution >= 0.6 is 23.5 Å². The summed E-state index contributed by atoms with van der Waals surface area (Å²) in [5, 5.41) is 0.511. The van der Waals surface area contributed by atoms with Crippen LogP contribution in [0.3, 0.4) is 0 Å². The normalized spacial score (nSPS) is 26.8. The molecule has 17 heavy (non-hydrogen) atoms. The Kier molecular flexibility index (Phi) is 4.33. The van der Waals surface area contributed by atoms with Gasteiger partial charge in [0.15, 0.2) is 0 Å². The summed E-state index contributed by atoms with van der Waals surface area (Å²) >= 11 is 3.60. The molecule has 1 aromatic carbocycles. The van der Waals surface area contributed by atoms with Gasteiger partial charge in [0.05, 0.1) is 0 Å². The average Bonchev–Trinajstić information content (AvgIpc) is 2.32. The molecule has 3 atom stereocenters. The van der Waals surface area contributed by atoms with Crippen LogP contribution in [-0.4, -0.2) is 22.0 Å². The molecule has 2 rings (SSSR count). The smallest absolute Gasteiger partial charge is 0.128 e. The van der Waals surface area contributed by atoms with Gasteiger partial charge in [-0.3, -0.25) is 0 Å². The van der Waals surface area contributed by atoms with Gasteiger partial charge in [0.2, 0.25) is 0 Å². The maximum absolute atomic E-state index is 13.6. The van der Waals surface area contributed by atoms with E-state index in [9.17, 15) is 8.78 Å². The molecule has 0 radical (unpaired) electrons. The number of nitrogens with two attached hydrogens (primary N) is 1. The lowest BCUT2D eigenvalue weighted by Gasteiger charge is -2.32. The molecule has 1 aliphatic rings. The van der Waals surface area contributed by atoms with E-state index in [1.54, 1.807) is 11.8 Å². The molecule has 0 saturated carbocycles. The molecule has 5 heteroatoms. The van der Waals surface area contributed by atoms with Crippen molar-refractivity contribution in [3.8, 4) is 0 Å². The van der Waals surface area contributed by atoms with Crippen molar-refractivity contribution < 1.29 is 8.78 Å². The Morgan fingerprint density at radius 3 is 2.71 bits per heavy atom. The molecule has 1 saturated heterocycles. The Hall–Kier alpha value is -0.260. The van der Waals surface area contributed by atoms with Gasteiger partial charge in [0, 0.05) is 33.6 Å². The van der Waals surface area contributed by atoms with Crippen LogP contribution in [0.25, 0.3) is 0 Å². The summed E-state index contributed by atoms with van der Waals surface area (Å²) in [6, 6.07) is 3.04. The minimum absolute atomic E-state index is 0.144. The van der Waals surface area contributed by atoms with Crippen molar-refractivity contribution in [3.63, 3.8) is 0 Å². The number of thioether (sulfide) groups is 2. The van der Waals surface area contributed by atoms with Gasteiger partial charge < -0.3 is 5.73 Å². The van der Waals surface area contributed by atoms with Crippen LogP contribution in [0, 0.1) is 11.6 Å². The van der Waals surface area contributed by atoms with Crippen LogP contribution < -0.4 is 5.73 Å². The second kappa shape index (κ2) is 5.59. The summed E-state index contributed by atoms with van der Waals surface area (Å²) in [7, 11) is 0. The highest BCUT2D eigenvalue weighted by Crippen LogP contribution is 2.38. The number of benzene rings is 1. The van der Waals surface area contributed by atoms with Crippen LogP contribution in [0.15, 0.2) is 18.2 Å². The minimum Gasteiger partial charge on any atom is -0.323 e. The van der Waals surface area contributed by atoms with Gasteiger partial charge in [-0.2, -0.15) is 23.5 Å². The van der Waals surface area contributed by atoms with E-state index in [4.69, 9.17) is 5.73 Å². The van der Waals surface area contributed by atoms with Gasteiger partial charge in [-0.25, -0.2) is 8.78 Å². The third-order valence-corrected chi connectivity index (χ3v) is 6.12. The summed E-state index contributed by atoms with van der Waals surface area (Å²) in [5.41, 5.74) is 6.38. The highest BCUT2D eigenvalue weighted by atomic mass is 32.2. The van der Waals surface area contributed by atoms with Gasteiger partial charge in [-0.1, -0.05) is 6.92 Å². The van der Waals surface area contributed by atoms with E-state index in [1.807, 2.05) is 11.8 Å². The van der Waals surface area contributed by atoms with Crippen molar-refractivity contribution in [1.82, 2.24) is 0 Å². The van der Waals surface area contributed by atoms with Crippen molar-refractivity contribution in [2.24, 2.45) is 5.73 Å². The molecule has 3 unspecified atom stereocenters. The van der Waals surface area contributed by atoms with E-state index in [0.29, 0.717) is 5.25 Å². The third-order valence-electron chi connectivity index (χ3n) is 2.91. The molecule has 0 amide bonds. The highest BCUT2D eigenvalue weighted by Gasteiger charge is 2.30. The lowest BCUT2D eigenvalue weighted by atomic mass is 10.0. The molecule has 1 heterocycles. The third kappa shape index (κ3) is 2.95. The van der Waals surface area contributed by atoms with Crippen molar-refractivity contribution in [2.45, 2.75) is 23.5 Å². The van der Waals surface area contributed by atoms with E-state index >= 15 is 0 Å². The van der Waals surface area contributed by atoms with Crippen LogP contribution in [0.2, 0.25) is 0 Å². The van der Waals surface area contributed by atoms with Crippen LogP contribution in [0.5, 0.6) is 0 Å². The van der Waals surface area contributed by atoms with Crippen LogP contribution in [0.1, 0.15) is 18.5 Å². The quantitative estimate of drug-likeness (QED) is 0.897. The molecule has 94 valence electrons. The van der Waals surface area contributed by atoms with Crippen molar-refractivity contribution in [3.05, 3.63) is 35.4 Å². The Morgan fingerprint density at radius 1 is 1.29 bits per heavy atom. The summed E-state index contributed by atoms with van der Waals surface area (Å²) in [4.78, 5) is 0. The number of rotatable bonds is 2. The Balaban J connectivity index is 2.23. The fourth-order valence-corrected chi connectivity index (χ4v) is 4.86. The topological polar surface area (TPSA) is 26.0 Å². The van der Waals surface area contributed by atoms with Crippen molar-refractivity contribution in [1.29, 1.82) is 0 Å². The molecular formula is C12H15F2NS2.